The van der Waals surface area contributed by atoms with Gasteiger partial charge in [-0.2, -0.15) is 0 Å². The maximum absolute atomic E-state index is 13.1. The Balaban J connectivity index is 0.00000208. The molecule has 1 fully saturated rings. The van der Waals surface area contributed by atoms with Gasteiger partial charge in [-0.25, -0.2) is 0 Å². The SMILES string of the molecule is CCN(Cc1ccc2c(c1)OCO2)C(=O)C1(CN)CCOCC1.Cl. The van der Waals surface area contributed by atoms with Crippen molar-refractivity contribution in [1.82, 2.24) is 4.90 Å². The quantitative estimate of drug-likeness (QED) is 0.872. The molecule has 24 heavy (non-hydrogen) atoms. The number of carbonyl (C=O) groups is 1. The van der Waals surface area contributed by atoms with Gasteiger partial charge >= 0.3 is 0 Å². The lowest BCUT2D eigenvalue weighted by Gasteiger charge is -2.38. The van der Waals surface area contributed by atoms with Crippen LogP contribution in [-0.4, -0.2) is 43.9 Å². The van der Waals surface area contributed by atoms with Gasteiger partial charge in [0.05, 0.1) is 5.41 Å². The summed E-state index contributed by atoms with van der Waals surface area (Å²) in [4.78, 5) is 14.9. The van der Waals surface area contributed by atoms with E-state index in [0.29, 0.717) is 45.7 Å². The molecule has 2 aliphatic rings. The van der Waals surface area contributed by atoms with E-state index in [-0.39, 0.29) is 25.1 Å². The van der Waals surface area contributed by atoms with Gasteiger partial charge in [-0.15, -0.1) is 12.4 Å². The van der Waals surface area contributed by atoms with Crippen LogP contribution >= 0.6 is 12.4 Å². The molecule has 0 radical (unpaired) electrons. The van der Waals surface area contributed by atoms with Crippen LogP contribution in [0.5, 0.6) is 11.5 Å². The van der Waals surface area contributed by atoms with E-state index in [4.69, 9.17) is 19.9 Å². The molecular formula is C17H25ClN2O4. The third-order valence-corrected chi connectivity index (χ3v) is 4.77. The number of nitrogens with two attached hydrogens (primary N) is 1. The van der Waals surface area contributed by atoms with Crippen molar-refractivity contribution in [2.45, 2.75) is 26.3 Å². The fourth-order valence-corrected chi connectivity index (χ4v) is 3.19. The van der Waals surface area contributed by atoms with Crippen molar-refractivity contribution in [3.63, 3.8) is 0 Å². The van der Waals surface area contributed by atoms with Crippen LogP contribution in [0.4, 0.5) is 0 Å². The molecule has 7 heteroatoms. The minimum atomic E-state index is -0.482. The number of hydrogen-bond donors (Lipinski definition) is 1. The van der Waals surface area contributed by atoms with E-state index in [1.807, 2.05) is 30.0 Å². The first-order valence-corrected chi connectivity index (χ1v) is 8.14. The summed E-state index contributed by atoms with van der Waals surface area (Å²) in [7, 11) is 0. The number of nitrogens with zero attached hydrogens (tertiary/aromatic N) is 1. The van der Waals surface area contributed by atoms with E-state index in [1.165, 1.54) is 0 Å². The molecule has 0 saturated carbocycles. The van der Waals surface area contributed by atoms with E-state index < -0.39 is 5.41 Å². The van der Waals surface area contributed by atoms with Crippen molar-refractivity contribution in [3.05, 3.63) is 23.8 Å². The molecule has 2 aliphatic heterocycles. The van der Waals surface area contributed by atoms with Crippen molar-refractivity contribution < 1.29 is 19.0 Å². The van der Waals surface area contributed by atoms with Crippen LogP contribution in [0.15, 0.2) is 18.2 Å². The number of halogens is 1. The molecule has 0 aliphatic carbocycles. The zero-order valence-electron chi connectivity index (χ0n) is 14.0. The molecular weight excluding hydrogens is 332 g/mol. The zero-order valence-corrected chi connectivity index (χ0v) is 14.8. The van der Waals surface area contributed by atoms with E-state index in [9.17, 15) is 4.79 Å². The maximum Gasteiger partial charge on any atom is 0.231 e. The summed E-state index contributed by atoms with van der Waals surface area (Å²) in [5.41, 5.74) is 6.51. The van der Waals surface area contributed by atoms with Crippen LogP contribution < -0.4 is 15.2 Å². The lowest BCUT2D eigenvalue weighted by Crippen LogP contribution is -2.50. The molecule has 0 atom stereocenters. The Morgan fingerprint density at radius 3 is 2.62 bits per heavy atom. The average Bonchev–Trinajstić information content (AvgIpc) is 3.07. The third-order valence-electron chi connectivity index (χ3n) is 4.77. The molecule has 6 nitrogen and oxygen atoms in total. The summed E-state index contributed by atoms with van der Waals surface area (Å²) in [5, 5.41) is 0. The van der Waals surface area contributed by atoms with Gasteiger partial charge in [0.1, 0.15) is 0 Å². The number of ether oxygens (including phenoxy) is 3. The Morgan fingerprint density at radius 1 is 1.25 bits per heavy atom. The molecule has 0 bridgehead atoms. The highest BCUT2D eigenvalue weighted by atomic mass is 35.5. The largest absolute Gasteiger partial charge is 0.454 e. The highest BCUT2D eigenvalue weighted by Gasteiger charge is 2.41. The van der Waals surface area contributed by atoms with Crippen LogP contribution in [0.25, 0.3) is 0 Å². The summed E-state index contributed by atoms with van der Waals surface area (Å²) in [6.07, 6.45) is 1.39. The van der Waals surface area contributed by atoms with Gasteiger partial charge < -0.3 is 24.8 Å². The summed E-state index contributed by atoms with van der Waals surface area (Å²) in [6, 6.07) is 5.81. The van der Waals surface area contributed by atoms with Gasteiger partial charge in [-0.05, 0) is 37.5 Å². The predicted octanol–water partition coefficient (Wildman–Crippen LogP) is 1.94. The smallest absolute Gasteiger partial charge is 0.231 e. The van der Waals surface area contributed by atoms with Crippen molar-refractivity contribution in [1.29, 1.82) is 0 Å². The van der Waals surface area contributed by atoms with Crippen LogP contribution in [0, 0.1) is 5.41 Å². The van der Waals surface area contributed by atoms with E-state index in [0.717, 1.165) is 17.1 Å². The van der Waals surface area contributed by atoms with Gasteiger partial charge in [-0.1, -0.05) is 6.07 Å². The molecule has 0 unspecified atom stereocenters. The fourth-order valence-electron chi connectivity index (χ4n) is 3.19. The lowest BCUT2D eigenvalue weighted by atomic mass is 9.78. The summed E-state index contributed by atoms with van der Waals surface area (Å²) in [6.45, 7) is 5.02. The second-order valence-electron chi connectivity index (χ2n) is 6.10. The fraction of sp³-hybridized carbons (Fsp3) is 0.588. The van der Waals surface area contributed by atoms with Crippen molar-refractivity contribution in [3.8, 4) is 11.5 Å². The van der Waals surface area contributed by atoms with Crippen LogP contribution in [0.2, 0.25) is 0 Å². The Labute approximate surface area is 148 Å². The number of benzene rings is 1. The monoisotopic (exact) mass is 356 g/mol. The number of fused-ring (bicyclic) bond motifs is 1. The van der Waals surface area contributed by atoms with Gasteiger partial charge in [0.15, 0.2) is 11.5 Å². The number of carbonyl (C=O) groups excluding carboxylic acids is 1. The Bertz CT molecular complexity index is 576. The molecule has 1 saturated heterocycles. The Kier molecular flexibility index (Phi) is 6.32. The first kappa shape index (κ1) is 18.8. The van der Waals surface area contributed by atoms with Crippen molar-refractivity contribution in [2.75, 3.05) is 33.1 Å². The maximum atomic E-state index is 13.1. The minimum absolute atomic E-state index is 0. The molecule has 1 aromatic rings. The van der Waals surface area contributed by atoms with Gasteiger partial charge in [-0.3, -0.25) is 4.79 Å². The normalized spacial score (nSPS) is 17.9. The molecule has 1 aromatic carbocycles. The average molecular weight is 357 g/mol. The second-order valence-corrected chi connectivity index (χ2v) is 6.10. The van der Waals surface area contributed by atoms with Crippen LogP contribution in [-0.2, 0) is 16.1 Å². The van der Waals surface area contributed by atoms with E-state index in [2.05, 4.69) is 0 Å². The van der Waals surface area contributed by atoms with E-state index >= 15 is 0 Å². The van der Waals surface area contributed by atoms with Gasteiger partial charge in [0.25, 0.3) is 0 Å². The number of rotatable bonds is 5. The Hall–Kier alpha value is -1.50. The van der Waals surface area contributed by atoms with Gasteiger partial charge in [0, 0.05) is 32.8 Å². The lowest BCUT2D eigenvalue weighted by molar-refractivity contribution is -0.147. The van der Waals surface area contributed by atoms with Crippen molar-refractivity contribution >= 4 is 18.3 Å². The topological polar surface area (TPSA) is 74.0 Å². The minimum Gasteiger partial charge on any atom is -0.454 e. The van der Waals surface area contributed by atoms with Crippen molar-refractivity contribution in [2.24, 2.45) is 11.1 Å². The first-order valence-electron chi connectivity index (χ1n) is 8.14. The summed E-state index contributed by atoms with van der Waals surface area (Å²) < 4.78 is 16.1. The second kappa shape index (κ2) is 8.05. The summed E-state index contributed by atoms with van der Waals surface area (Å²) in [5.74, 6) is 1.63. The van der Waals surface area contributed by atoms with E-state index in [1.54, 1.807) is 0 Å². The molecule has 134 valence electrons. The Morgan fingerprint density at radius 2 is 1.96 bits per heavy atom. The summed E-state index contributed by atoms with van der Waals surface area (Å²) >= 11 is 0. The highest BCUT2D eigenvalue weighted by Crippen LogP contribution is 2.34. The zero-order chi connectivity index (χ0) is 16.3. The van der Waals surface area contributed by atoms with Crippen LogP contribution in [0.3, 0.4) is 0 Å². The number of hydrogen-bond acceptors (Lipinski definition) is 5. The molecule has 3 rings (SSSR count). The molecule has 1 amide bonds. The molecule has 0 spiro atoms. The standard InChI is InChI=1S/C17H24N2O4.ClH/c1-2-19(16(20)17(11-18)5-7-21-8-6-17)10-13-3-4-14-15(9-13)23-12-22-14;/h3-4,9H,2,5-8,10-12,18H2,1H3;1H. The highest BCUT2D eigenvalue weighted by molar-refractivity contribution is 5.85. The molecule has 0 aromatic heterocycles. The van der Waals surface area contributed by atoms with Crippen LogP contribution in [0.1, 0.15) is 25.3 Å². The molecule has 2 N–H and O–H groups in total. The molecule has 2 heterocycles. The first-order chi connectivity index (χ1) is 11.2. The number of amides is 1. The van der Waals surface area contributed by atoms with Gasteiger partial charge in [0.2, 0.25) is 12.7 Å². The third kappa shape index (κ3) is 3.61. The predicted molar refractivity (Wildman–Crippen MR) is 92.4 cm³/mol.